The molecule has 7 nitrogen and oxygen atoms in total. The van der Waals surface area contributed by atoms with Gasteiger partial charge in [0, 0.05) is 45.0 Å². The Morgan fingerprint density at radius 3 is 2.75 bits per heavy atom. The predicted octanol–water partition coefficient (Wildman–Crippen LogP) is 1.54. The van der Waals surface area contributed by atoms with Gasteiger partial charge in [-0.15, -0.1) is 0 Å². The fraction of sp³-hybridized carbons (Fsp3) is 0.412. The molecule has 0 spiro atoms. The molecule has 2 aliphatic rings. The van der Waals surface area contributed by atoms with Gasteiger partial charge in [0.05, 0.1) is 7.11 Å². The van der Waals surface area contributed by atoms with Crippen molar-refractivity contribution in [3.05, 3.63) is 36.0 Å². The zero-order valence-corrected chi connectivity index (χ0v) is 13.6. The SMILES string of the molecule is COc1ccnc(N2CCN(Cc3ccc4c(c3)OCO4)CC2)n1. The number of piperazine rings is 1. The third-order valence-electron chi connectivity index (χ3n) is 4.32. The number of ether oxygens (including phenoxy) is 3. The maximum atomic E-state index is 5.45. The minimum Gasteiger partial charge on any atom is -0.481 e. The minimum absolute atomic E-state index is 0.317. The summed E-state index contributed by atoms with van der Waals surface area (Å²) in [5.41, 5.74) is 1.24. The molecule has 0 radical (unpaired) electrons. The summed E-state index contributed by atoms with van der Waals surface area (Å²) in [7, 11) is 1.62. The fourth-order valence-electron chi connectivity index (χ4n) is 3.00. The Morgan fingerprint density at radius 2 is 1.92 bits per heavy atom. The molecule has 2 aliphatic heterocycles. The highest BCUT2D eigenvalue weighted by molar-refractivity contribution is 5.44. The second-order valence-corrected chi connectivity index (χ2v) is 5.85. The van der Waals surface area contributed by atoms with Crippen molar-refractivity contribution in [1.82, 2.24) is 14.9 Å². The maximum Gasteiger partial charge on any atom is 0.231 e. The van der Waals surface area contributed by atoms with E-state index in [1.165, 1.54) is 5.56 Å². The molecule has 3 heterocycles. The van der Waals surface area contributed by atoms with E-state index in [1.807, 2.05) is 6.07 Å². The van der Waals surface area contributed by atoms with E-state index >= 15 is 0 Å². The average Bonchev–Trinajstić information content (AvgIpc) is 3.10. The lowest BCUT2D eigenvalue weighted by molar-refractivity contribution is 0.174. The summed E-state index contributed by atoms with van der Waals surface area (Å²) in [5.74, 6) is 3.01. The Labute approximate surface area is 140 Å². The van der Waals surface area contributed by atoms with Crippen molar-refractivity contribution in [3.63, 3.8) is 0 Å². The van der Waals surface area contributed by atoms with Crippen LogP contribution in [0, 0.1) is 0 Å². The summed E-state index contributed by atoms with van der Waals surface area (Å²) in [5, 5.41) is 0. The van der Waals surface area contributed by atoms with Crippen molar-refractivity contribution in [3.8, 4) is 17.4 Å². The van der Waals surface area contributed by atoms with Crippen molar-refractivity contribution in [2.24, 2.45) is 0 Å². The lowest BCUT2D eigenvalue weighted by atomic mass is 10.1. The molecule has 2 aromatic rings. The molecule has 0 bridgehead atoms. The molecule has 0 unspecified atom stereocenters. The lowest BCUT2D eigenvalue weighted by Gasteiger charge is -2.34. The normalized spacial score (nSPS) is 17.1. The second kappa shape index (κ2) is 6.52. The molecule has 1 aromatic heterocycles. The van der Waals surface area contributed by atoms with E-state index in [2.05, 4.69) is 31.9 Å². The van der Waals surface area contributed by atoms with Gasteiger partial charge in [0.2, 0.25) is 18.6 Å². The summed E-state index contributed by atoms with van der Waals surface area (Å²) in [4.78, 5) is 13.4. The van der Waals surface area contributed by atoms with E-state index in [9.17, 15) is 0 Å². The van der Waals surface area contributed by atoms with Crippen LogP contribution in [0.25, 0.3) is 0 Å². The Balaban J connectivity index is 1.36. The average molecular weight is 328 g/mol. The van der Waals surface area contributed by atoms with Crippen LogP contribution in [-0.2, 0) is 6.54 Å². The van der Waals surface area contributed by atoms with E-state index in [-0.39, 0.29) is 0 Å². The van der Waals surface area contributed by atoms with Crippen molar-refractivity contribution >= 4 is 5.95 Å². The number of hydrogen-bond acceptors (Lipinski definition) is 7. The summed E-state index contributed by atoms with van der Waals surface area (Å²) in [6.45, 7) is 4.96. The molecule has 0 saturated carbocycles. The number of aromatic nitrogens is 2. The van der Waals surface area contributed by atoms with Crippen LogP contribution in [0.3, 0.4) is 0 Å². The van der Waals surface area contributed by atoms with Gasteiger partial charge in [-0.3, -0.25) is 4.90 Å². The summed E-state index contributed by atoms with van der Waals surface area (Å²) in [6, 6.07) is 7.92. The quantitative estimate of drug-likeness (QED) is 0.843. The van der Waals surface area contributed by atoms with Crippen LogP contribution < -0.4 is 19.1 Å². The van der Waals surface area contributed by atoms with Crippen LogP contribution in [0.4, 0.5) is 5.95 Å². The zero-order valence-electron chi connectivity index (χ0n) is 13.6. The first-order valence-corrected chi connectivity index (χ1v) is 8.05. The largest absolute Gasteiger partial charge is 0.481 e. The third-order valence-corrected chi connectivity index (χ3v) is 4.32. The van der Waals surface area contributed by atoms with Gasteiger partial charge in [0.25, 0.3) is 0 Å². The van der Waals surface area contributed by atoms with Crippen LogP contribution in [0.1, 0.15) is 5.56 Å². The Bertz CT molecular complexity index is 717. The molecule has 1 saturated heterocycles. The van der Waals surface area contributed by atoms with E-state index in [0.29, 0.717) is 12.7 Å². The third kappa shape index (κ3) is 3.07. The molecule has 4 rings (SSSR count). The summed E-state index contributed by atoms with van der Waals surface area (Å²) < 4.78 is 16.0. The van der Waals surface area contributed by atoms with E-state index in [4.69, 9.17) is 14.2 Å². The van der Waals surface area contributed by atoms with E-state index in [1.54, 1.807) is 19.4 Å². The Kier molecular flexibility index (Phi) is 4.08. The fourth-order valence-corrected chi connectivity index (χ4v) is 3.00. The second-order valence-electron chi connectivity index (χ2n) is 5.85. The van der Waals surface area contributed by atoms with Gasteiger partial charge in [0.15, 0.2) is 11.5 Å². The first kappa shape index (κ1) is 15.0. The van der Waals surface area contributed by atoms with Gasteiger partial charge in [-0.2, -0.15) is 4.98 Å². The van der Waals surface area contributed by atoms with Gasteiger partial charge < -0.3 is 19.1 Å². The molecule has 24 heavy (non-hydrogen) atoms. The van der Waals surface area contributed by atoms with Gasteiger partial charge in [-0.25, -0.2) is 4.98 Å². The van der Waals surface area contributed by atoms with Crippen LogP contribution >= 0.6 is 0 Å². The highest BCUT2D eigenvalue weighted by atomic mass is 16.7. The van der Waals surface area contributed by atoms with Crippen molar-refractivity contribution in [1.29, 1.82) is 0 Å². The van der Waals surface area contributed by atoms with Crippen LogP contribution in [-0.4, -0.2) is 54.9 Å². The smallest absolute Gasteiger partial charge is 0.231 e. The maximum absolute atomic E-state index is 5.45. The highest BCUT2D eigenvalue weighted by Gasteiger charge is 2.20. The van der Waals surface area contributed by atoms with Crippen LogP contribution in [0.2, 0.25) is 0 Å². The summed E-state index contributed by atoms with van der Waals surface area (Å²) in [6.07, 6.45) is 1.74. The molecule has 0 aliphatic carbocycles. The first-order chi connectivity index (χ1) is 11.8. The first-order valence-electron chi connectivity index (χ1n) is 8.05. The number of fused-ring (bicyclic) bond motifs is 1. The minimum atomic E-state index is 0.317. The molecule has 1 aromatic carbocycles. The molecule has 1 fully saturated rings. The van der Waals surface area contributed by atoms with Gasteiger partial charge in [-0.05, 0) is 17.7 Å². The molecule has 0 amide bonds. The number of hydrogen-bond donors (Lipinski definition) is 0. The topological polar surface area (TPSA) is 60.0 Å². The number of anilines is 1. The van der Waals surface area contributed by atoms with Gasteiger partial charge >= 0.3 is 0 Å². The van der Waals surface area contributed by atoms with E-state index < -0.39 is 0 Å². The van der Waals surface area contributed by atoms with E-state index in [0.717, 1.165) is 50.2 Å². The molecular formula is C17H20N4O3. The number of rotatable bonds is 4. The molecule has 0 N–H and O–H groups in total. The zero-order chi connectivity index (χ0) is 16.4. The summed E-state index contributed by atoms with van der Waals surface area (Å²) >= 11 is 0. The number of nitrogens with zero attached hydrogens (tertiary/aromatic N) is 4. The van der Waals surface area contributed by atoms with Crippen molar-refractivity contribution in [2.45, 2.75) is 6.54 Å². The lowest BCUT2D eigenvalue weighted by Crippen LogP contribution is -2.46. The van der Waals surface area contributed by atoms with Crippen molar-refractivity contribution < 1.29 is 14.2 Å². The molecule has 0 atom stereocenters. The standard InChI is InChI=1S/C17H20N4O3/c1-22-16-4-5-18-17(19-16)21-8-6-20(7-9-21)11-13-2-3-14-15(10-13)24-12-23-14/h2-5,10H,6-9,11-12H2,1H3. The number of benzene rings is 1. The van der Waals surface area contributed by atoms with Crippen LogP contribution in [0.15, 0.2) is 30.5 Å². The Hall–Kier alpha value is -2.54. The predicted molar refractivity (Wildman–Crippen MR) is 88.6 cm³/mol. The van der Waals surface area contributed by atoms with Crippen LogP contribution in [0.5, 0.6) is 17.4 Å². The molecule has 126 valence electrons. The Morgan fingerprint density at radius 1 is 1.08 bits per heavy atom. The highest BCUT2D eigenvalue weighted by Crippen LogP contribution is 2.32. The van der Waals surface area contributed by atoms with Gasteiger partial charge in [0.1, 0.15) is 0 Å². The monoisotopic (exact) mass is 328 g/mol. The number of methoxy groups -OCH3 is 1. The molecule has 7 heteroatoms. The molecular weight excluding hydrogens is 308 g/mol. The van der Waals surface area contributed by atoms with Crippen molar-refractivity contribution in [2.75, 3.05) is 45.0 Å². The van der Waals surface area contributed by atoms with Gasteiger partial charge in [-0.1, -0.05) is 6.07 Å².